The SMILES string of the molecule is CN=C(NCCN1CCCS1(=O)=O)NCC1CC1. The Morgan fingerprint density at radius 2 is 2.17 bits per heavy atom. The van der Waals surface area contributed by atoms with Crippen LogP contribution in [0.4, 0.5) is 0 Å². The van der Waals surface area contributed by atoms with E-state index in [0.717, 1.165) is 24.8 Å². The number of hydrogen-bond donors (Lipinski definition) is 2. The molecule has 0 aromatic rings. The van der Waals surface area contributed by atoms with Crippen LogP contribution in [0.3, 0.4) is 0 Å². The Hall–Kier alpha value is -0.820. The molecular formula is C11H22N4O2S. The van der Waals surface area contributed by atoms with Crippen molar-refractivity contribution in [1.29, 1.82) is 0 Å². The summed E-state index contributed by atoms with van der Waals surface area (Å²) < 4.78 is 24.7. The van der Waals surface area contributed by atoms with Gasteiger partial charge in [-0.15, -0.1) is 0 Å². The van der Waals surface area contributed by atoms with Gasteiger partial charge in [0.15, 0.2) is 5.96 Å². The van der Waals surface area contributed by atoms with Gasteiger partial charge in [-0.25, -0.2) is 12.7 Å². The van der Waals surface area contributed by atoms with Crippen LogP contribution in [0.15, 0.2) is 4.99 Å². The van der Waals surface area contributed by atoms with Gasteiger partial charge in [0.25, 0.3) is 0 Å². The lowest BCUT2D eigenvalue weighted by Gasteiger charge is -2.16. The first kappa shape index (κ1) is 13.6. The lowest BCUT2D eigenvalue weighted by atomic mass is 10.4. The third-order valence-corrected chi connectivity index (χ3v) is 5.29. The number of rotatable bonds is 5. The Morgan fingerprint density at radius 3 is 2.72 bits per heavy atom. The largest absolute Gasteiger partial charge is 0.356 e. The summed E-state index contributed by atoms with van der Waals surface area (Å²) in [5.41, 5.74) is 0. The molecule has 104 valence electrons. The zero-order valence-corrected chi connectivity index (χ0v) is 11.7. The lowest BCUT2D eigenvalue weighted by molar-refractivity contribution is 0.445. The molecule has 2 rings (SSSR count). The summed E-state index contributed by atoms with van der Waals surface area (Å²) >= 11 is 0. The predicted octanol–water partition coefficient (Wildman–Crippen LogP) is -0.403. The molecule has 2 N–H and O–H groups in total. The molecule has 7 heteroatoms. The van der Waals surface area contributed by atoms with Crippen molar-refractivity contribution in [3.05, 3.63) is 0 Å². The van der Waals surface area contributed by atoms with E-state index in [2.05, 4.69) is 15.6 Å². The van der Waals surface area contributed by atoms with Gasteiger partial charge in [-0.3, -0.25) is 4.99 Å². The average molecular weight is 274 g/mol. The Morgan fingerprint density at radius 1 is 1.39 bits per heavy atom. The van der Waals surface area contributed by atoms with E-state index in [1.807, 2.05) is 0 Å². The van der Waals surface area contributed by atoms with Crippen molar-refractivity contribution in [3.63, 3.8) is 0 Å². The van der Waals surface area contributed by atoms with Crippen molar-refractivity contribution in [2.45, 2.75) is 19.3 Å². The Bertz CT molecular complexity index is 403. The van der Waals surface area contributed by atoms with Crippen LogP contribution in [0.25, 0.3) is 0 Å². The molecule has 0 aromatic carbocycles. The summed E-state index contributed by atoms with van der Waals surface area (Å²) in [5.74, 6) is 1.85. The molecule has 0 radical (unpaired) electrons. The van der Waals surface area contributed by atoms with Gasteiger partial charge in [0.2, 0.25) is 10.0 Å². The topological polar surface area (TPSA) is 73.8 Å². The summed E-state index contributed by atoms with van der Waals surface area (Å²) in [5, 5.41) is 6.40. The van der Waals surface area contributed by atoms with Crippen LogP contribution in [-0.4, -0.2) is 57.7 Å². The van der Waals surface area contributed by atoms with Crippen molar-refractivity contribution in [3.8, 4) is 0 Å². The molecule has 1 saturated heterocycles. The molecule has 0 amide bonds. The number of hydrogen-bond acceptors (Lipinski definition) is 3. The molecule has 2 aliphatic rings. The molecule has 2 fully saturated rings. The number of nitrogens with one attached hydrogen (secondary N) is 2. The molecule has 0 bridgehead atoms. The Labute approximate surface area is 109 Å². The van der Waals surface area contributed by atoms with Crippen molar-refractivity contribution in [2.24, 2.45) is 10.9 Å². The van der Waals surface area contributed by atoms with Gasteiger partial charge in [-0.05, 0) is 25.2 Å². The summed E-state index contributed by atoms with van der Waals surface area (Å²) in [6.07, 6.45) is 3.35. The molecule has 1 saturated carbocycles. The number of aliphatic imine (C=N–C) groups is 1. The normalized spacial score (nSPS) is 24.2. The van der Waals surface area contributed by atoms with Gasteiger partial charge in [0, 0.05) is 33.2 Å². The smallest absolute Gasteiger partial charge is 0.214 e. The molecule has 1 heterocycles. The average Bonchev–Trinajstić information content (AvgIpc) is 3.09. The third kappa shape index (κ3) is 3.84. The minimum atomic E-state index is -2.97. The summed E-state index contributed by atoms with van der Waals surface area (Å²) in [7, 11) is -1.24. The second-order valence-corrected chi connectivity index (χ2v) is 6.98. The maximum absolute atomic E-state index is 11.6. The highest BCUT2D eigenvalue weighted by Gasteiger charge is 2.27. The summed E-state index contributed by atoms with van der Waals surface area (Å²) in [4.78, 5) is 4.11. The molecule has 0 aromatic heterocycles. The standard InChI is InChI=1S/C11H22N4O2S/c1-12-11(14-9-10-3-4-10)13-5-7-15-6-2-8-18(15,16)17/h10H,2-9H2,1H3,(H2,12,13,14). The molecule has 1 aliphatic heterocycles. The first-order chi connectivity index (χ1) is 8.62. The second-order valence-electron chi connectivity index (χ2n) is 4.89. The van der Waals surface area contributed by atoms with Crippen LogP contribution >= 0.6 is 0 Å². The molecule has 1 aliphatic carbocycles. The van der Waals surface area contributed by atoms with E-state index in [0.29, 0.717) is 25.4 Å². The van der Waals surface area contributed by atoms with E-state index in [1.54, 1.807) is 11.4 Å². The highest BCUT2D eigenvalue weighted by molar-refractivity contribution is 7.89. The first-order valence-corrected chi connectivity index (χ1v) is 8.15. The second kappa shape index (κ2) is 5.88. The highest BCUT2D eigenvalue weighted by atomic mass is 32.2. The summed E-state index contributed by atoms with van der Waals surface area (Å²) in [6.45, 7) is 2.73. The molecule has 0 spiro atoms. The third-order valence-electron chi connectivity index (χ3n) is 3.34. The number of sulfonamides is 1. The maximum atomic E-state index is 11.6. The minimum absolute atomic E-state index is 0.293. The van der Waals surface area contributed by atoms with Crippen molar-refractivity contribution in [1.82, 2.24) is 14.9 Å². The van der Waals surface area contributed by atoms with Crippen molar-refractivity contribution >= 4 is 16.0 Å². The van der Waals surface area contributed by atoms with Gasteiger partial charge in [-0.1, -0.05) is 0 Å². The van der Waals surface area contributed by atoms with E-state index in [4.69, 9.17) is 0 Å². The van der Waals surface area contributed by atoms with E-state index in [-0.39, 0.29) is 0 Å². The van der Waals surface area contributed by atoms with Crippen LogP contribution in [0, 0.1) is 5.92 Å². The monoisotopic (exact) mass is 274 g/mol. The number of nitrogens with zero attached hydrogens (tertiary/aromatic N) is 2. The van der Waals surface area contributed by atoms with Crippen LogP contribution in [0.5, 0.6) is 0 Å². The van der Waals surface area contributed by atoms with Crippen LogP contribution in [0.1, 0.15) is 19.3 Å². The molecule has 18 heavy (non-hydrogen) atoms. The molecule has 6 nitrogen and oxygen atoms in total. The lowest BCUT2D eigenvalue weighted by Crippen LogP contribution is -2.42. The molecular weight excluding hydrogens is 252 g/mol. The quantitative estimate of drug-likeness (QED) is 0.528. The fraction of sp³-hybridized carbons (Fsp3) is 0.909. The van der Waals surface area contributed by atoms with Gasteiger partial charge in [0.1, 0.15) is 0 Å². The van der Waals surface area contributed by atoms with Gasteiger partial charge in [0.05, 0.1) is 5.75 Å². The summed E-state index contributed by atoms with van der Waals surface area (Å²) in [6, 6.07) is 0. The highest BCUT2D eigenvalue weighted by Crippen LogP contribution is 2.27. The van der Waals surface area contributed by atoms with E-state index >= 15 is 0 Å². The fourth-order valence-corrected chi connectivity index (χ4v) is 3.55. The fourth-order valence-electron chi connectivity index (χ4n) is 2.02. The van der Waals surface area contributed by atoms with Crippen LogP contribution in [-0.2, 0) is 10.0 Å². The van der Waals surface area contributed by atoms with Crippen molar-refractivity contribution < 1.29 is 8.42 Å². The van der Waals surface area contributed by atoms with Gasteiger partial charge in [-0.2, -0.15) is 0 Å². The zero-order valence-electron chi connectivity index (χ0n) is 10.9. The van der Waals surface area contributed by atoms with E-state index < -0.39 is 10.0 Å². The Kier molecular flexibility index (Phi) is 4.45. The molecule has 0 atom stereocenters. The Balaban J connectivity index is 1.66. The van der Waals surface area contributed by atoms with Crippen molar-refractivity contribution in [2.75, 3.05) is 39.0 Å². The first-order valence-electron chi connectivity index (χ1n) is 6.54. The van der Waals surface area contributed by atoms with Gasteiger partial charge >= 0.3 is 0 Å². The van der Waals surface area contributed by atoms with Crippen LogP contribution < -0.4 is 10.6 Å². The molecule has 0 unspecified atom stereocenters. The maximum Gasteiger partial charge on any atom is 0.214 e. The number of guanidine groups is 1. The van der Waals surface area contributed by atoms with Gasteiger partial charge < -0.3 is 10.6 Å². The van der Waals surface area contributed by atoms with E-state index in [9.17, 15) is 8.42 Å². The van der Waals surface area contributed by atoms with Crippen LogP contribution in [0.2, 0.25) is 0 Å². The van der Waals surface area contributed by atoms with E-state index in [1.165, 1.54) is 12.8 Å². The zero-order chi connectivity index (χ0) is 13.0. The minimum Gasteiger partial charge on any atom is -0.356 e. The predicted molar refractivity (Wildman–Crippen MR) is 72.1 cm³/mol.